The van der Waals surface area contributed by atoms with E-state index in [1.54, 1.807) is 29.3 Å². The Balaban J connectivity index is 0.00000210. The van der Waals surface area contributed by atoms with E-state index in [9.17, 15) is 9.59 Å². The van der Waals surface area contributed by atoms with Crippen LogP contribution >= 0.6 is 36.4 Å². The number of aromatic nitrogens is 1. The second-order valence-corrected chi connectivity index (χ2v) is 6.90. The van der Waals surface area contributed by atoms with Gasteiger partial charge in [-0.2, -0.15) is 0 Å². The molecule has 0 aliphatic carbocycles. The van der Waals surface area contributed by atoms with Gasteiger partial charge in [0.05, 0.1) is 10.9 Å². The molecular formula is C19H25Cl3N4O3. The Hall–Kier alpha value is -1.80. The van der Waals surface area contributed by atoms with Crippen molar-refractivity contribution in [2.24, 2.45) is 11.7 Å². The molecule has 7 nitrogen and oxygen atoms in total. The molecule has 1 unspecified atom stereocenters. The summed E-state index contributed by atoms with van der Waals surface area (Å²) >= 11 is 6.18. The summed E-state index contributed by atoms with van der Waals surface area (Å²) in [5.74, 6) is 0.113. The Morgan fingerprint density at radius 3 is 2.86 bits per heavy atom. The van der Waals surface area contributed by atoms with E-state index in [1.165, 1.54) is 0 Å². The van der Waals surface area contributed by atoms with Crippen molar-refractivity contribution in [2.45, 2.75) is 12.8 Å². The smallest absolute Gasteiger partial charge is 0.260 e. The molecule has 1 saturated heterocycles. The fourth-order valence-electron chi connectivity index (χ4n) is 3.22. The van der Waals surface area contributed by atoms with E-state index in [-0.39, 0.29) is 49.2 Å². The van der Waals surface area contributed by atoms with Gasteiger partial charge < -0.3 is 20.7 Å². The van der Waals surface area contributed by atoms with Gasteiger partial charge in [-0.25, -0.2) is 0 Å². The number of benzene rings is 1. The van der Waals surface area contributed by atoms with Gasteiger partial charge in [-0.3, -0.25) is 14.6 Å². The second kappa shape index (κ2) is 12.0. The van der Waals surface area contributed by atoms with Crippen molar-refractivity contribution in [1.29, 1.82) is 0 Å². The molecule has 3 rings (SSSR count). The highest BCUT2D eigenvalue weighted by Crippen LogP contribution is 2.29. The number of nitrogens with zero attached hydrogens (tertiary/aromatic N) is 2. The maximum atomic E-state index is 12.6. The summed E-state index contributed by atoms with van der Waals surface area (Å²) in [6, 6.07) is 7.09. The first kappa shape index (κ1) is 25.2. The molecule has 0 spiro atoms. The Kier molecular flexibility index (Phi) is 10.5. The molecule has 1 aromatic carbocycles. The van der Waals surface area contributed by atoms with E-state index in [4.69, 9.17) is 22.1 Å². The van der Waals surface area contributed by atoms with Crippen molar-refractivity contribution in [3.63, 3.8) is 0 Å². The van der Waals surface area contributed by atoms with Crippen LogP contribution in [0, 0.1) is 5.92 Å². The molecule has 160 valence electrons. The van der Waals surface area contributed by atoms with E-state index in [2.05, 4.69) is 10.3 Å². The average molecular weight is 464 g/mol. The van der Waals surface area contributed by atoms with Crippen molar-refractivity contribution in [1.82, 2.24) is 15.2 Å². The van der Waals surface area contributed by atoms with Crippen molar-refractivity contribution < 1.29 is 14.3 Å². The molecule has 1 atom stereocenters. The zero-order valence-electron chi connectivity index (χ0n) is 15.8. The predicted octanol–water partition coefficient (Wildman–Crippen LogP) is 2.42. The van der Waals surface area contributed by atoms with Gasteiger partial charge in [0.1, 0.15) is 11.3 Å². The molecule has 1 aliphatic heterocycles. The van der Waals surface area contributed by atoms with Gasteiger partial charge in [-0.1, -0.05) is 11.6 Å². The molecule has 10 heteroatoms. The predicted molar refractivity (Wildman–Crippen MR) is 118 cm³/mol. The van der Waals surface area contributed by atoms with Crippen molar-refractivity contribution >= 4 is 59.1 Å². The van der Waals surface area contributed by atoms with Gasteiger partial charge in [-0.05, 0) is 37.1 Å². The van der Waals surface area contributed by atoms with E-state index in [0.29, 0.717) is 42.5 Å². The number of halogens is 3. The van der Waals surface area contributed by atoms with Gasteiger partial charge in [0.25, 0.3) is 5.91 Å². The van der Waals surface area contributed by atoms with E-state index >= 15 is 0 Å². The number of carbonyl (C=O) groups is 2. The van der Waals surface area contributed by atoms with E-state index in [0.717, 1.165) is 18.2 Å². The summed E-state index contributed by atoms with van der Waals surface area (Å²) in [6.45, 7) is 1.77. The molecule has 1 aliphatic rings. The summed E-state index contributed by atoms with van der Waals surface area (Å²) in [5, 5.41) is 4.15. The third-order valence-electron chi connectivity index (χ3n) is 4.62. The number of fused-ring (bicyclic) bond motifs is 1. The Morgan fingerprint density at radius 2 is 2.10 bits per heavy atom. The first-order valence-electron chi connectivity index (χ1n) is 9.01. The van der Waals surface area contributed by atoms with Crippen molar-refractivity contribution in [3.8, 4) is 5.75 Å². The minimum absolute atomic E-state index is 0. The van der Waals surface area contributed by atoms with Crippen LogP contribution in [0.25, 0.3) is 10.9 Å². The number of hydrogen-bond donors (Lipinski definition) is 2. The van der Waals surface area contributed by atoms with Crippen LogP contribution < -0.4 is 15.8 Å². The van der Waals surface area contributed by atoms with Crippen LogP contribution in [0.3, 0.4) is 0 Å². The van der Waals surface area contributed by atoms with Gasteiger partial charge in [0, 0.05) is 37.8 Å². The molecule has 2 heterocycles. The highest BCUT2D eigenvalue weighted by molar-refractivity contribution is 6.35. The fourth-order valence-corrected chi connectivity index (χ4v) is 3.43. The van der Waals surface area contributed by atoms with Crippen LogP contribution in [0.5, 0.6) is 5.75 Å². The van der Waals surface area contributed by atoms with Gasteiger partial charge in [-0.15, -0.1) is 24.8 Å². The largest absolute Gasteiger partial charge is 0.481 e. The Bertz CT molecular complexity index is 837. The van der Waals surface area contributed by atoms with Gasteiger partial charge in [0.15, 0.2) is 6.61 Å². The monoisotopic (exact) mass is 462 g/mol. The number of pyridine rings is 1. The number of likely N-dealkylation sites (tertiary alicyclic amines) is 1. The molecule has 0 radical (unpaired) electrons. The minimum atomic E-state index is -0.202. The van der Waals surface area contributed by atoms with Crippen molar-refractivity contribution in [3.05, 3.63) is 35.5 Å². The van der Waals surface area contributed by atoms with Crippen LogP contribution in [0.4, 0.5) is 0 Å². The number of ether oxygens (including phenoxy) is 1. The second-order valence-electron chi connectivity index (χ2n) is 6.49. The SMILES string of the molecule is Cl.Cl.NCCNC(=O)C1CCCN(C(=O)COc2ccc(Cl)c3cccnc23)C1. The lowest BCUT2D eigenvalue weighted by Gasteiger charge is -2.32. The van der Waals surface area contributed by atoms with Gasteiger partial charge >= 0.3 is 0 Å². The highest BCUT2D eigenvalue weighted by Gasteiger charge is 2.28. The average Bonchev–Trinajstić information content (AvgIpc) is 2.71. The Labute approximate surface area is 187 Å². The zero-order chi connectivity index (χ0) is 19.2. The summed E-state index contributed by atoms with van der Waals surface area (Å²) in [6.07, 6.45) is 3.22. The highest BCUT2D eigenvalue weighted by atomic mass is 35.5. The molecular weight excluding hydrogens is 439 g/mol. The third-order valence-corrected chi connectivity index (χ3v) is 4.95. The number of nitrogens with one attached hydrogen (secondary N) is 1. The number of rotatable bonds is 6. The molecule has 0 saturated carbocycles. The molecule has 2 aromatic rings. The minimum Gasteiger partial charge on any atom is -0.481 e. The number of nitrogens with two attached hydrogens (primary N) is 1. The standard InChI is InChI=1S/C19H23ClN4O3.2ClH/c20-15-5-6-16(18-14(15)4-1-8-22-18)27-12-17(25)24-10-2-3-13(11-24)19(26)23-9-7-21;;/h1,4-6,8,13H,2-3,7,9-12,21H2,(H,23,26);2*1H. The van der Waals surface area contributed by atoms with Crippen LogP contribution in [-0.4, -0.2) is 54.5 Å². The maximum Gasteiger partial charge on any atom is 0.260 e. The van der Waals surface area contributed by atoms with Crippen LogP contribution in [0.15, 0.2) is 30.5 Å². The lowest BCUT2D eigenvalue weighted by atomic mass is 9.97. The topological polar surface area (TPSA) is 97.6 Å². The summed E-state index contributed by atoms with van der Waals surface area (Å²) in [7, 11) is 0. The summed E-state index contributed by atoms with van der Waals surface area (Å²) < 4.78 is 5.72. The Morgan fingerprint density at radius 1 is 1.31 bits per heavy atom. The first-order chi connectivity index (χ1) is 13.1. The number of amides is 2. The quantitative estimate of drug-likeness (QED) is 0.686. The number of piperidine rings is 1. The fraction of sp³-hybridized carbons (Fsp3) is 0.421. The van der Waals surface area contributed by atoms with Crippen LogP contribution in [0.1, 0.15) is 12.8 Å². The first-order valence-corrected chi connectivity index (χ1v) is 9.39. The molecule has 1 fully saturated rings. The normalized spacial score (nSPS) is 15.8. The lowest BCUT2D eigenvalue weighted by molar-refractivity contribution is -0.137. The lowest BCUT2D eigenvalue weighted by Crippen LogP contribution is -2.47. The molecule has 1 aromatic heterocycles. The summed E-state index contributed by atoms with van der Waals surface area (Å²) in [4.78, 5) is 30.7. The zero-order valence-corrected chi connectivity index (χ0v) is 18.2. The molecule has 3 N–H and O–H groups in total. The molecule has 29 heavy (non-hydrogen) atoms. The number of carbonyl (C=O) groups excluding carboxylic acids is 2. The molecule has 0 bridgehead atoms. The van der Waals surface area contributed by atoms with E-state index in [1.807, 2.05) is 6.07 Å². The van der Waals surface area contributed by atoms with Crippen LogP contribution in [-0.2, 0) is 9.59 Å². The van der Waals surface area contributed by atoms with Gasteiger partial charge in [0.2, 0.25) is 5.91 Å². The molecule has 2 amide bonds. The van der Waals surface area contributed by atoms with E-state index < -0.39 is 0 Å². The van der Waals surface area contributed by atoms with Crippen LogP contribution in [0.2, 0.25) is 5.02 Å². The summed E-state index contributed by atoms with van der Waals surface area (Å²) in [5.41, 5.74) is 6.04. The number of hydrogen-bond acceptors (Lipinski definition) is 5. The van der Waals surface area contributed by atoms with Crippen molar-refractivity contribution in [2.75, 3.05) is 32.8 Å². The maximum absolute atomic E-state index is 12.6. The third kappa shape index (κ3) is 6.34.